The highest BCUT2D eigenvalue weighted by atomic mass is 35.5. The van der Waals surface area contributed by atoms with Crippen molar-refractivity contribution in [3.63, 3.8) is 0 Å². The number of carbonyl (C=O) groups is 1. The molecule has 3 rings (SSSR count). The van der Waals surface area contributed by atoms with Gasteiger partial charge in [0.25, 0.3) is 0 Å². The average Bonchev–Trinajstić information content (AvgIpc) is 2.80. The van der Waals surface area contributed by atoms with Gasteiger partial charge in [-0.3, -0.25) is 4.79 Å². The number of amides is 1. The van der Waals surface area contributed by atoms with Crippen LogP contribution in [0.15, 0.2) is 82.6 Å². The SMILES string of the molecule is CSc1ccc(C(C)NC(=O)CN(Cc2ccccc2Cl)S(=O)(=O)c2ccc(C)cc2)cc1. The lowest BCUT2D eigenvalue weighted by atomic mass is 10.1. The molecule has 0 aromatic heterocycles. The van der Waals surface area contributed by atoms with Gasteiger partial charge in [-0.1, -0.05) is 59.6 Å². The maximum absolute atomic E-state index is 13.4. The number of rotatable bonds is 9. The van der Waals surface area contributed by atoms with Crippen LogP contribution < -0.4 is 5.32 Å². The summed E-state index contributed by atoms with van der Waals surface area (Å²) in [6.45, 7) is 3.42. The van der Waals surface area contributed by atoms with Crippen LogP contribution in [0.4, 0.5) is 0 Å². The largest absolute Gasteiger partial charge is 0.348 e. The van der Waals surface area contributed by atoms with Crippen LogP contribution in [0.3, 0.4) is 0 Å². The first-order chi connectivity index (χ1) is 15.7. The first-order valence-corrected chi connectivity index (χ1v) is 13.5. The minimum atomic E-state index is -3.93. The van der Waals surface area contributed by atoms with Crippen molar-refractivity contribution in [3.05, 3.63) is 94.5 Å². The van der Waals surface area contributed by atoms with E-state index in [-0.39, 0.29) is 29.9 Å². The molecule has 1 atom stereocenters. The summed E-state index contributed by atoms with van der Waals surface area (Å²) < 4.78 is 28.0. The molecule has 0 aliphatic rings. The lowest BCUT2D eigenvalue weighted by molar-refractivity contribution is -0.122. The minimum Gasteiger partial charge on any atom is -0.348 e. The van der Waals surface area contributed by atoms with E-state index in [1.165, 1.54) is 0 Å². The maximum atomic E-state index is 13.4. The average molecular weight is 503 g/mol. The Hall–Kier alpha value is -2.32. The first-order valence-electron chi connectivity index (χ1n) is 10.4. The van der Waals surface area contributed by atoms with E-state index in [4.69, 9.17) is 11.6 Å². The molecule has 1 unspecified atom stereocenters. The Kier molecular flexibility index (Phi) is 8.59. The summed E-state index contributed by atoms with van der Waals surface area (Å²) in [5.74, 6) is -0.390. The van der Waals surface area contributed by atoms with Crippen LogP contribution in [-0.2, 0) is 21.4 Å². The molecule has 0 aliphatic heterocycles. The molecular formula is C25H27ClN2O3S2. The molecule has 1 N–H and O–H groups in total. The molecule has 0 heterocycles. The van der Waals surface area contributed by atoms with Crippen LogP contribution in [0.25, 0.3) is 0 Å². The molecule has 0 radical (unpaired) electrons. The van der Waals surface area contributed by atoms with Gasteiger partial charge in [0.05, 0.1) is 17.5 Å². The molecule has 8 heteroatoms. The first kappa shape index (κ1) is 25.3. The maximum Gasteiger partial charge on any atom is 0.243 e. The molecule has 3 aromatic rings. The number of thioether (sulfide) groups is 1. The number of nitrogens with one attached hydrogen (secondary N) is 1. The third kappa shape index (κ3) is 6.60. The van der Waals surface area contributed by atoms with Gasteiger partial charge in [0, 0.05) is 16.5 Å². The second-order valence-electron chi connectivity index (χ2n) is 7.74. The molecule has 0 saturated carbocycles. The van der Waals surface area contributed by atoms with Crippen LogP contribution in [-0.4, -0.2) is 31.4 Å². The molecule has 0 aliphatic carbocycles. The van der Waals surface area contributed by atoms with Gasteiger partial charge >= 0.3 is 0 Å². The number of hydrogen-bond acceptors (Lipinski definition) is 4. The van der Waals surface area contributed by atoms with E-state index < -0.39 is 10.0 Å². The number of hydrogen-bond donors (Lipinski definition) is 1. The summed E-state index contributed by atoms with van der Waals surface area (Å²) in [4.78, 5) is 14.2. The van der Waals surface area contributed by atoms with Crippen molar-refractivity contribution in [3.8, 4) is 0 Å². The molecule has 0 spiro atoms. The van der Waals surface area contributed by atoms with Crippen LogP contribution in [0, 0.1) is 6.92 Å². The molecule has 0 bridgehead atoms. The zero-order valence-electron chi connectivity index (χ0n) is 18.8. The third-order valence-electron chi connectivity index (χ3n) is 5.28. The van der Waals surface area contributed by atoms with E-state index in [2.05, 4.69) is 5.32 Å². The van der Waals surface area contributed by atoms with Gasteiger partial charge in [0.15, 0.2) is 0 Å². The number of nitrogens with zero attached hydrogens (tertiary/aromatic N) is 1. The van der Waals surface area contributed by atoms with E-state index in [0.29, 0.717) is 10.6 Å². The number of carbonyl (C=O) groups excluding carboxylic acids is 1. The highest BCUT2D eigenvalue weighted by molar-refractivity contribution is 7.98. The summed E-state index contributed by atoms with van der Waals surface area (Å²) in [7, 11) is -3.93. The van der Waals surface area contributed by atoms with Crippen LogP contribution in [0.2, 0.25) is 5.02 Å². The summed E-state index contributed by atoms with van der Waals surface area (Å²) >= 11 is 7.93. The standard InChI is InChI=1S/C25H27ClN2O3S2/c1-18-8-14-23(15-9-18)33(30,31)28(16-21-6-4-5-7-24(21)26)17-25(29)27-19(2)20-10-12-22(32-3)13-11-20/h4-15,19H,16-17H2,1-3H3,(H,27,29). The van der Waals surface area contributed by atoms with Gasteiger partial charge in [-0.15, -0.1) is 11.8 Å². The van der Waals surface area contributed by atoms with E-state index in [0.717, 1.165) is 20.3 Å². The van der Waals surface area contributed by atoms with Crippen molar-refractivity contribution >= 4 is 39.3 Å². The lowest BCUT2D eigenvalue weighted by Crippen LogP contribution is -2.41. The smallest absolute Gasteiger partial charge is 0.243 e. The predicted molar refractivity (Wildman–Crippen MR) is 135 cm³/mol. The topological polar surface area (TPSA) is 66.5 Å². The molecule has 5 nitrogen and oxygen atoms in total. The molecule has 0 saturated heterocycles. The minimum absolute atomic E-state index is 0.0138. The second-order valence-corrected chi connectivity index (χ2v) is 11.0. The number of benzene rings is 3. The van der Waals surface area contributed by atoms with E-state index in [1.54, 1.807) is 60.3 Å². The van der Waals surface area contributed by atoms with Crippen molar-refractivity contribution < 1.29 is 13.2 Å². The van der Waals surface area contributed by atoms with Gasteiger partial charge in [-0.2, -0.15) is 4.31 Å². The van der Waals surface area contributed by atoms with Crippen molar-refractivity contribution in [1.29, 1.82) is 0 Å². The fraction of sp³-hybridized carbons (Fsp3) is 0.240. The zero-order chi connectivity index (χ0) is 24.0. The molecule has 33 heavy (non-hydrogen) atoms. The van der Waals surface area contributed by atoms with Gasteiger partial charge in [0.2, 0.25) is 15.9 Å². The monoisotopic (exact) mass is 502 g/mol. The van der Waals surface area contributed by atoms with E-state index >= 15 is 0 Å². The van der Waals surface area contributed by atoms with E-state index in [9.17, 15) is 13.2 Å². The number of aryl methyl sites for hydroxylation is 1. The van der Waals surface area contributed by atoms with Crippen molar-refractivity contribution in [2.45, 2.75) is 36.2 Å². The zero-order valence-corrected chi connectivity index (χ0v) is 21.2. The van der Waals surface area contributed by atoms with Crippen molar-refractivity contribution in [2.75, 3.05) is 12.8 Å². The Labute approximate surface area is 205 Å². The molecule has 0 fully saturated rings. The summed E-state index contributed by atoms with van der Waals surface area (Å²) in [6, 6.07) is 21.3. The molecule has 1 amide bonds. The Morgan fingerprint density at radius 2 is 1.67 bits per heavy atom. The highest BCUT2D eigenvalue weighted by Gasteiger charge is 2.28. The third-order valence-corrected chi connectivity index (χ3v) is 8.19. The van der Waals surface area contributed by atoms with Gasteiger partial charge < -0.3 is 5.32 Å². The van der Waals surface area contributed by atoms with Crippen LogP contribution >= 0.6 is 23.4 Å². The normalized spacial score (nSPS) is 12.5. The Morgan fingerprint density at radius 3 is 2.27 bits per heavy atom. The highest BCUT2D eigenvalue weighted by Crippen LogP contribution is 2.23. The van der Waals surface area contributed by atoms with Crippen LogP contribution in [0.1, 0.15) is 29.7 Å². The van der Waals surface area contributed by atoms with Gasteiger partial charge in [0.1, 0.15) is 0 Å². The summed E-state index contributed by atoms with van der Waals surface area (Å²) in [5, 5.41) is 3.36. The second kappa shape index (κ2) is 11.2. The fourth-order valence-electron chi connectivity index (χ4n) is 3.33. The number of sulfonamides is 1. The van der Waals surface area contributed by atoms with Crippen LogP contribution in [0.5, 0.6) is 0 Å². The Bertz CT molecular complexity index is 1200. The summed E-state index contributed by atoms with van der Waals surface area (Å²) in [5.41, 5.74) is 2.52. The van der Waals surface area contributed by atoms with Crippen molar-refractivity contribution in [1.82, 2.24) is 9.62 Å². The Balaban J connectivity index is 1.83. The molecular weight excluding hydrogens is 476 g/mol. The molecule has 3 aromatic carbocycles. The quantitative estimate of drug-likeness (QED) is 0.396. The predicted octanol–water partition coefficient (Wildman–Crippen LogP) is 5.44. The molecule has 174 valence electrons. The Morgan fingerprint density at radius 1 is 1.03 bits per heavy atom. The van der Waals surface area contributed by atoms with Crippen molar-refractivity contribution in [2.24, 2.45) is 0 Å². The van der Waals surface area contributed by atoms with Gasteiger partial charge in [-0.25, -0.2) is 8.42 Å². The lowest BCUT2D eigenvalue weighted by Gasteiger charge is -2.24. The van der Waals surface area contributed by atoms with Gasteiger partial charge in [-0.05, 0) is 61.6 Å². The number of halogens is 1. The van der Waals surface area contributed by atoms with E-state index in [1.807, 2.05) is 44.4 Å². The fourth-order valence-corrected chi connectivity index (χ4v) is 5.30. The summed E-state index contributed by atoms with van der Waals surface area (Å²) in [6.07, 6.45) is 2.00.